The van der Waals surface area contributed by atoms with Gasteiger partial charge >= 0.3 is 0 Å². The lowest BCUT2D eigenvalue weighted by Gasteiger charge is -2.19. The fourth-order valence-corrected chi connectivity index (χ4v) is 4.15. The number of hydrazine groups is 1. The standard InChI is InChI=1S/C20H14BrN5O4S/c21-13-6-4-11(5-7-13)19(28)24-25-9-16(27)17(18(25)22)20-23-15(10-31-20)12-2-1-3-14(8-12)26(29)30/h1-8,10,22,27H,9H2,(H,24,28). The van der Waals surface area contributed by atoms with Crippen LogP contribution in [0.25, 0.3) is 16.8 Å². The van der Waals surface area contributed by atoms with Crippen LogP contribution in [0.15, 0.2) is 64.1 Å². The highest BCUT2D eigenvalue weighted by Crippen LogP contribution is 2.32. The number of hydrogen-bond donors (Lipinski definition) is 3. The van der Waals surface area contributed by atoms with E-state index in [1.807, 2.05) is 0 Å². The molecule has 2 aromatic carbocycles. The molecule has 1 aliphatic heterocycles. The van der Waals surface area contributed by atoms with Gasteiger partial charge in [0.05, 0.1) is 22.7 Å². The second-order valence-corrected chi connectivity index (χ2v) is 8.32. The van der Waals surface area contributed by atoms with Crippen LogP contribution < -0.4 is 5.43 Å². The van der Waals surface area contributed by atoms with Crippen molar-refractivity contribution in [3.63, 3.8) is 0 Å². The molecule has 0 fully saturated rings. The number of rotatable bonds is 5. The Balaban J connectivity index is 1.53. The van der Waals surface area contributed by atoms with Crippen LogP contribution in [0.3, 0.4) is 0 Å². The van der Waals surface area contributed by atoms with Gasteiger partial charge in [-0.1, -0.05) is 28.1 Å². The SMILES string of the molecule is N=C1C(c2nc(-c3cccc([N+](=O)[O-])c3)cs2)=C(O)CN1NC(=O)c1ccc(Br)cc1. The van der Waals surface area contributed by atoms with E-state index in [1.165, 1.54) is 28.5 Å². The number of nitro groups is 1. The second-order valence-electron chi connectivity index (χ2n) is 6.55. The maximum absolute atomic E-state index is 12.5. The minimum Gasteiger partial charge on any atom is -0.509 e. The zero-order valence-electron chi connectivity index (χ0n) is 15.7. The van der Waals surface area contributed by atoms with Gasteiger partial charge in [0, 0.05) is 33.1 Å². The highest BCUT2D eigenvalue weighted by atomic mass is 79.9. The fourth-order valence-electron chi connectivity index (χ4n) is 2.99. The predicted octanol–water partition coefficient (Wildman–Crippen LogP) is 4.39. The lowest BCUT2D eigenvalue weighted by atomic mass is 10.1. The van der Waals surface area contributed by atoms with Crippen LogP contribution in [0, 0.1) is 15.5 Å². The number of nitrogens with zero attached hydrogens (tertiary/aromatic N) is 3. The van der Waals surface area contributed by atoms with Crippen molar-refractivity contribution < 1.29 is 14.8 Å². The molecule has 1 amide bonds. The van der Waals surface area contributed by atoms with E-state index in [1.54, 1.807) is 41.8 Å². The summed E-state index contributed by atoms with van der Waals surface area (Å²) in [7, 11) is 0. The second kappa shape index (κ2) is 8.28. The summed E-state index contributed by atoms with van der Waals surface area (Å²) < 4.78 is 0.836. The summed E-state index contributed by atoms with van der Waals surface area (Å²) in [5, 5.41) is 33.1. The summed E-state index contributed by atoms with van der Waals surface area (Å²) in [6.07, 6.45) is 0. The van der Waals surface area contributed by atoms with Crippen LogP contribution in [0.4, 0.5) is 5.69 Å². The minimum atomic E-state index is -0.482. The lowest BCUT2D eigenvalue weighted by molar-refractivity contribution is -0.384. The number of aliphatic hydroxyl groups is 1. The van der Waals surface area contributed by atoms with E-state index in [0.29, 0.717) is 21.8 Å². The molecule has 1 aliphatic rings. The number of amides is 1. The van der Waals surface area contributed by atoms with E-state index in [2.05, 4.69) is 26.3 Å². The third kappa shape index (κ3) is 4.18. The average molecular weight is 500 g/mol. The predicted molar refractivity (Wildman–Crippen MR) is 120 cm³/mol. The minimum absolute atomic E-state index is 0.0513. The quantitative estimate of drug-likeness (QED) is 0.352. The third-order valence-electron chi connectivity index (χ3n) is 4.52. The van der Waals surface area contributed by atoms with Crippen LogP contribution in [0.5, 0.6) is 0 Å². The van der Waals surface area contributed by atoms with E-state index >= 15 is 0 Å². The van der Waals surface area contributed by atoms with Crippen molar-refractivity contribution in [2.24, 2.45) is 0 Å². The monoisotopic (exact) mass is 499 g/mol. The van der Waals surface area contributed by atoms with E-state index in [-0.39, 0.29) is 29.4 Å². The Kier molecular flexibility index (Phi) is 5.53. The molecule has 4 rings (SSSR count). The largest absolute Gasteiger partial charge is 0.509 e. The maximum Gasteiger partial charge on any atom is 0.270 e. The van der Waals surface area contributed by atoms with Gasteiger partial charge in [0.15, 0.2) is 5.84 Å². The van der Waals surface area contributed by atoms with E-state index in [4.69, 9.17) is 5.41 Å². The van der Waals surface area contributed by atoms with Gasteiger partial charge in [0.25, 0.3) is 11.6 Å². The molecule has 0 saturated carbocycles. The van der Waals surface area contributed by atoms with Crippen LogP contribution in [0.2, 0.25) is 0 Å². The summed E-state index contributed by atoms with van der Waals surface area (Å²) in [5.41, 5.74) is 4.22. The van der Waals surface area contributed by atoms with Gasteiger partial charge in [-0.25, -0.2) is 4.98 Å². The first-order valence-corrected chi connectivity index (χ1v) is 10.6. The van der Waals surface area contributed by atoms with Gasteiger partial charge in [-0.2, -0.15) is 0 Å². The molecule has 0 unspecified atom stereocenters. The molecular weight excluding hydrogens is 486 g/mol. The first kappa shape index (κ1) is 20.7. The van der Waals surface area contributed by atoms with E-state index in [9.17, 15) is 20.0 Å². The van der Waals surface area contributed by atoms with Crippen molar-refractivity contribution in [3.05, 3.63) is 84.8 Å². The number of aromatic nitrogens is 1. The first-order valence-electron chi connectivity index (χ1n) is 8.89. The molecule has 3 aromatic rings. The topological polar surface area (TPSA) is 132 Å². The van der Waals surface area contributed by atoms with Gasteiger partial charge in [-0.3, -0.25) is 30.8 Å². The van der Waals surface area contributed by atoms with E-state index in [0.717, 1.165) is 4.47 Å². The molecule has 0 spiro atoms. The number of carbonyl (C=O) groups excluding carboxylic acids is 1. The number of benzene rings is 2. The van der Waals surface area contributed by atoms with Gasteiger partial charge in [-0.05, 0) is 24.3 Å². The number of nitro benzene ring substituents is 1. The lowest BCUT2D eigenvalue weighted by Crippen LogP contribution is -2.43. The average Bonchev–Trinajstić information content (AvgIpc) is 3.33. The number of carbonyl (C=O) groups is 1. The van der Waals surface area contributed by atoms with Gasteiger partial charge in [0.1, 0.15) is 10.8 Å². The van der Waals surface area contributed by atoms with Crippen molar-refractivity contribution in [1.29, 1.82) is 5.41 Å². The molecular formula is C20H14BrN5O4S. The number of amidine groups is 1. The normalized spacial score (nSPS) is 13.6. The van der Waals surface area contributed by atoms with Crippen molar-refractivity contribution in [1.82, 2.24) is 15.4 Å². The number of nitrogens with one attached hydrogen (secondary N) is 2. The first-order chi connectivity index (χ1) is 14.8. The molecule has 0 saturated heterocycles. The smallest absolute Gasteiger partial charge is 0.270 e. The number of non-ortho nitro benzene ring substituents is 1. The number of aliphatic hydroxyl groups excluding tert-OH is 1. The number of hydrogen-bond acceptors (Lipinski definition) is 7. The van der Waals surface area contributed by atoms with Crippen LogP contribution in [0.1, 0.15) is 15.4 Å². The Morgan fingerprint density at radius 3 is 2.74 bits per heavy atom. The molecule has 0 radical (unpaired) electrons. The molecule has 2 heterocycles. The van der Waals surface area contributed by atoms with E-state index < -0.39 is 10.8 Å². The Morgan fingerprint density at radius 2 is 2.03 bits per heavy atom. The molecule has 0 bridgehead atoms. The molecule has 3 N–H and O–H groups in total. The van der Waals surface area contributed by atoms with Crippen molar-refractivity contribution >= 4 is 50.3 Å². The Morgan fingerprint density at radius 1 is 1.29 bits per heavy atom. The molecule has 31 heavy (non-hydrogen) atoms. The summed E-state index contributed by atoms with van der Waals surface area (Å²) >= 11 is 4.51. The summed E-state index contributed by atoms with van der Waals surface area (Å²) in [6, 6.07) is 12.8. The Bertz CT molecular complexity index is 1240. The van der Waals surface area contributed by atoms with Crippen molar-refractivity contribution in [2.45, 2.75) is 0 Å². The highest BCUT2D eigenvalue weighted by Gasteiger charge is 2.31. The molecule has 9 nitrogen and oxygen atoms in total. The Labute approximate surface area is 188 Å². The zero-order valence-corrected chi connectivity index (χ0v) is 18.1. The van der Waals surface area contributed by atoms with Crippen molar-refractivity contribution in [2.75, 3.05) is 6.54 Å². The highest BCUT2D eigenvalue weighted by molar-refractivity contribution is 9.10. The Hall–Kier alpha value is -3.57. The maximum atomic E-state index is 12.5. The van der Waals surface area contributed by atoms with Gasteiger partial charge in [-0.15, -0.1) is 11.3 Å². The molecule has 11 heteroatoms. The molecule has 156 valence electrons. The van der Waals surface area contributed by atoms with Gasteiger partial charge < -0.3 is 5.11 Å². The van der Waals surface area contributed by atoms with Crippen LogP contribution in [-0.2, 0) is 0 Å². The zero-order chi connectivity index (χ0) is 22.1. The summed E-state index contributed by atoms with van der Waals surface area (Å²) in [6.45, 7) is -0.0673. The third-order valence-corrected chi connectivity index (χ3v) is 5.91. The van der Waals surface area contributed by atoms with Crippen LogP contribution in [-0.4, -0.2) is 38.3 Å². The van der Waals surface area contributed by atoms with Crippen LogP contribution >= 0.6 is 27.3 Å². The molecule has 0 aliphatic carbocycles. The van der Waals surface area contributed by atoms with Crippen molar-refractivity contribution in [3.8, 4) is 11.3 Å². The number of halogens is 1. The summed E-state index contributed by atoms with van der Waals surface area (Å²) in [4.78, 5) is 27.4. The fraction of sp³-hybridized carbons (Fsp3) is 0.0500. The molecule has 1 aromatic heterocycles. The van der Waals surface area contributed by atoms with Gasteiger partial charge in [0.2, 0.25) is 0 Å². The molecule has 0 atom stereocenters. The number of thiazole rings is 1. The summed E-state index contributed by atoms with van der Waals surface area (Å²) in [5.74, 6) is -0.605.